The Labute approximate surface area is 245 Å². The maximum absolute atomic E-state index is 14.5. The van der Waals surface area contributed by atoms with Gasteiger partial charge < -0.3 is 20.7 Å². The summed E-state index contributed by atoms with van der Waals surface area (Å²) in [7, 11) is 1.57. The van der Waals surface area contributed by atoms with Gasteiger partial charge in [-0.25, -0.2) is 4.39 Å². The van der Waals surface area contributed by atoms with E-state index in [1.54, 1.807) is 86.0 Å². The van der Waals surface area contributed by atoms with E-state index >= 15 is 0 Å². The Bertz CT molecular complexity index is 1540. The van der Waals surface area contributed by atoms with Gasteiger partial charge in [0.1, 0.15) is 17.3 Å². The zero-order chi connectivity index (χ0) is 29.2. The number of carbonyl (C=O) groups excluding carboxylic acids is 3. The Morgan fingerprint density at radius 2 is 1.51 bits per heavy atom. The third-order valence-corrected chi connectivity index (χ3v) is 7.01. The highest BCUT2D eigenvalue weighted by Crippen LogP contribution is 2.24. The van der Waals surface area contributed by atoms with Crippen molar-refractivity contribution in [2.24, 2.45) is 0 Å². The van der Waals surface area contributed by atoms with Crippen LogP contribution in [0.3, 0.4) is 0 Å². The summed E-state index contributed by atoms with van der Waals surface area (Å²) in [5, 5.41) is 8.17. The molecule has 0 fully saturated rings. The van der Waals surface area contributed by atoms with Crippen molar-refractivity contribution in [3.63, 3.8) is 0 Å². The number of hydrogen-bond donors (Lipinski definition) is 3. The number of ether oxygens (including phenoxy) is 1. The lowest BCUT2D eigenvalue weighted by Crippen LogP contribution is -2.30. The third kappa shape index (κ3) is 8.44. The molecule has 0 spiro atoms. The van der Waals surface area contributed by atoms with Gasteiger partial charge in [0.25, 0.3) is 11.8 Å². The van der Waals surface area contributed by atoms with Crippen molar-refractivity contribution in [2.75, 3.05) is 23.5 Å². The molecule has 0 heterocycles. The number of thioether (sulfide) groups is 1. The summed E-state index contributed by atoms with van der Waals surface area (Å²) in [4.78, 5) is 39.1. The average molecular weight is 590 g/mol. The van der Waals surface area contributed by atoms with Gasteiger partial charge in [0.05, 0.1) is 17.9 Å². The molecule has 0 saturated carbocycles. The lowest BCUT2D eigenvalue weighted by molar-refractivity contribution is -0.114. The smallest absolute Gasteiger partial charge is 0.272 e. The van der Waals surface area contributed by atoms with E-state index in [1.807, 2.05) is 0 Å². The fraction of sp³-hybridized carbons (Fsp3) is 0.0645. The molecule has 4 aromatic rings. The minimum absolute atomic E-state index is 0.0349. The number of nitrogens with one attached hydrogen (secondary N) is 3. The molecular formula is C31H25ClFN3O4S. The van der Waals surface area contributed by atoms with Crippen molar-refractivity contribution in [1.29, 1.82) is 0 Å². The quantitative estimate of drug-likeness (QED) is 0.143. The van der Waals surface area contributed by atoms with Crippen LogP contribution in [0, 0.1) is 5.82 Å². The summed E-state index contributed by atoms with van der Waals surface area (Å²) in [6.07, 6.45) is 1.19. The minimum Gasteiger partial charge on any atom is -0.497 e. The topological polar surface area (TPSA) is 96.5 Å². The molecule has 41 heavy (non-hydrogen) atoms. The predicted octanol–water partition coefficient (Wildman–Crippen LogP) is 6.63. The number of benzene rings is 4. The maximum atomic E-state index is 14.5. The molecule has 10 heteroatoms. The minimum atomic E-state index is -0.673. The van der Waals surface area contributed by atoms with E-state index in [9.17, 15) is 18.8 Å². The molecule has 4 aromatic carbocycles. The van der Waals surface area contributed by atoms with Gasteiger partial charge in [-0.05, 0) is 78.9 Å². The second-order valence-electron chi connectivity index (χ2n) is 8.56. The molecule has 3 amide bonds. The fourth-order valence-corrected chi connectivity index (χ4v) is 4.50. The first-order chi connectivity index (χ1) is 19.8. The largest absolute Gasteiger partial charge is 0.497 e. The first-order valence-corrected chi connectivity index (χ1v) is 13.7. The molecule has 0 atom stereocenters. The van der Waals surface area contributed by atoms with Gasteiger partial charge in [0.2, 0.25) is 5.91 Å². The van der Waals surface area contributed by atoms with Crippen LogP contribution >= 0.6 is 23.4 Å². The van der Waals surface area contributed by atoms with Crippen molar-refractivity contribution in [2.45, 2.75) is 4.90 Å². The predicted molar refractivity (Wildman–Crippen MR) is 161 cm³/mol. The summed E-state index contributed by atoms with van der Waals surface area (Å²) in [5.74, 6) is -1.16. The summed E-state index contributed by atoms with van der Waals surface area (Å²) in [5.41, 5.74) is 1.19. The standard InChI is InChI=1S/C31H25ClFN3O4S/c1-40-23-14-10-21(11-15-23)34-29(37)19-41-24-16-12-22(13-17-24)35-31(39)28(18-25-26(32)8-5-9-27(25)33)36-30(38)20-6-3-2-4-7-20/h2-18H,19H2,1H3,(H,34,37)(H,35,39)(H,36,38)/b28-18-. The Morgan fingerprint density at radius 3 is 2.17 bits per heavy atom. The Hall–Kier alpha value is -4.60. The Kier molecular flexibility index (Phi) is 10.1. The van der Waals surface area contributed by atoms with Gasteiger partial charge in [-0.3, -0.25) is 14.4 Å². The monoisotopic (exact) mass is 589 g/mol. The first-order valence-electron chi connectivity index (χ1n) is 12.3. The molecule has 7 nitrogen and oxygen atoms in total. The molecule has 0 aliphatic carbocycles. The zero-order valence-corrected chi connectivity index (χ0v) is 23.4. The Morgan fingerprint density at radius 1 is 0.854 bits per heavy atom. The molecule has 4 rings (SSSR count). The average Bonchev–Trinajstić information content (AvgIpc) is 2.99. The zero-order valence-electron chi connectivity index (χ0n) is 21.8. The van der Waals surface area contributed by atoms with Gasteiger partial charge in [-0.1, -0.05) is 35.9 Å². The van der Waals surface area contributed by atoms with Crippen LogP contribution in [0.5, 0.6) is 5.75 Å². The van der Waals surface area contributed by atoms with E-state index in [0.29, 0.717) is 22.7 Å². The van der Waals surface area contributed by atoms with Crippen molar-refractivity contribution < 1.29 is 23.5 Å². The van der Waals surface area contributed by atoms with E-state index in [0.717, 1.165) is 4.90 Å². The van der Waals surface area contributed by atoms with Crippen LogP contribution in [0.2, 0.25) is 5.02 Å². The molecule has 0 saturated heterocycles. The molecule has 0 radical (unpaired) electrons. The van der Waals surface area contributed by atoms with Gasteiger partial charge in [0.15, 0.2) is 0 Å². The lowest BCUT2D eigenvalue weighted by atomic mass is 10.1. The van der Waals surface area contributed by atoms with Gasteiger partial charge in [-0.2, -0.15) is 0 Å². The van der Waals surface area contributed by atoms with Gasteiger partial charge in [0, 0.05) is 27.4 Å². The highest BCUT2D eigenvalue weighted by molar-refractivity contribution is 8.00. The SMILES string of the molecule is COc1ccc(NC(=O)CSc2ccc(NC(=O)/C(=C/c3c(F)cccc3Cl)NC(=O)c3ccccc3)cc2)cc1. The van der Waals surface area contributed by atoms with Crippen LogP contribution in [-0.4, -0.2) is 30.6 Å². The van der Waals surface area contributed by atoms with Crippen LogP contribution in [0.25, 0.3) is 6.08 Å². The second kappa shape index (κ2) is 14.2. The number of methoxy groups -OCH3 is 1. The molecule has 0 aliphatic heterocycles. The van der Waals surface area contributed by atoms with Crippen LogP contribution in [-0.2, 0) is 9.59 Å². The Balaban J connectivity index is 1.42. The molecule has 0 unspecified atom stereocenters. The number of amides is 3. The number of anilines is 2. The van der Waals surface area contributed by atoms with E-state index in [1.165, 1.54) is 36.0 Å². The van der Waals surface area contributed by atoms with Crippen molar-refractivity contribution in [3.05, 3.63) is 125 Å². The van der Waals surface area contributed by atoms with Gasteiger partial charge in [-0.15, -0.1) is 11.8 Å². The number of rotatable bonds is 10. The molecule has 0 aromatic heterocycles. The molecule has 3 N–H and O–H groups in total. The van der Waals surface area contributed by atoms with Crippen molar-refractivity contribution in [1.82, 2.24) is 5.32 Å². The number of hydrogen-bond acceptors (Lipinski definition) is 5. The molecule has 0 aliphatic rings. The van der Waals surface area contributed by atoms with E-state index in [4.69, 9.17) is 16.3 Å². The van der Waals surface area contributed by atoms with Crippen LogP contribution in [0.1, 0.15) is 15.9 Å². The molecular weight excluding hydrogens is 565 g/mol. The van der Waals surface area contributed by atoms with Crippen LogP contribution in [0.15, 0.2) is 108 Å². The molecule has 0 bridgehead atoms. The van der Waals surface area contributed by atoms with Crippen molar-refractivity contribution in [3.8, 4) is 5.75 Å². The third-order valence-electron chi connectivity index (χ3n) is 5.67. The summed E-state index contributed by atoms with van der Waals surface area (Å²) < 4.78 is 19.6. The van der Waals surface area contributed by atoms with Gasteiger partial charge >= 0.3 is 0 Å². The van der Waals surface area contributed by atoms with E-state index < -0.39 is 17.6 Å². The maximum Gasteiger partial charge on any atom is 0.272 e. The summed E-state index contributed by atoms with van der Waals surface area (Å²) in [6.45, 7) is 0. The highest BCUT2D eigenvalue weighted by Gasteiger charge is 2.17. The number of halogens is 2. The highest BCUT2D eigenvalue weighted by atomic mass is 35.5. The normalized spacial score (nSPS) is 11.0. The summed E-state index contributed by atoms with van der Waals surface area (Å²) >= 11 is 7.48. The van der Waals surface area contributed by atoms with E-state index in [2.05, 4.69) is 16.0 Å². The van der Waals surface area contributed by atoms with Crippen molar-refractivity contribution >= 4 is 58.5 Å². The molecule has 208 valence electrons. The second-order valence-corrected chi connectivity index (χ2v) is 10.0. The fourth-order valence-electron chi connectivity index (χ4n) is 3.59. The lowest BCUT2D eigenvalue weighted by Gasteiger charge is -2.12. The number of carbonyl (C=O) groups is 3. The first kappa shape index (κ1) is 29.4. The van der Waals surface area contributed by atoms with E-state index in [-0.39, 0.29) is 27.9 Å². The summed E-state index contributed by atoms with van der Waals surface area (Å²) in [6, 6.07) is 26.3. The van der Waals surface area contributed by atoms with Crippen LogP contribution < -0.4 is 20.7 Å². The van der Waals surface area contributed by atoms with Crippen LogP contribution in [0.4, 0.5) is 15.8 Å².